The first kappa shape index (κ1) is 11.8. The minimum Gasteiger partial charge on any atom is -0.393 e. The minimum absolute atomic E-state index is 0.394. The molecule has 2 aromatic rings. The molecule has 0 fully saturated rings. The lowest BCUT2D eigenvalue weighted by atomic mass is 10.1. The largest absolute Gasteiger partial charge is 0.393 e. The second kappa shape index (κ2) is 5.09. The molecular formula is C11H16N4O2. The van der Waals surface area contributed by atoms with Gasteiger partial charge in [-0.1, -0.05) is 18.5 Å². The molecular weight excluding hydrogens is 220 g/mol. The molecule has 0 saturated carbocycles. The van der Waals surface area contributed by atoms with Crippen molar-refractivity contribution in [2.24, 2.45) is 7.05 Å². The van der Waals surface area contributed by atoms with E-state index < -0.39 is 6.10 Å². The molecule has 0 aliphatic heterocycles. The molecule has 0 spiro atoms. The maximum absolute atomic E-state index is 9.65. The SMILES string of the molecule is CCCC(O)Cc1nc(-c2nccn2C)no1. The molecule has 2 heterocycles. The number of nitrogens with zero attached hydrogens (tertiary/aromatic N) is 4. The van der Waals surface area contributed by atoms with Gasteiger partial charge >= 0.3 is 0 Å². The third-order valence-corrected chi connectivity index (χ3v) is 2.52. The number of aryl methyl sites for hydroxylation is 1. The van der Waals surface area contributed by atoms with Crippen molar-refractivity contribution in [3.8, 4) is 11.6 Å². The fourth-order valence-corrected chi connectivity index (χ4v) is 1.65. The van der Waals surface area contributed by atoms with Crippen LogP contribution < -0.4 is 0 Å². The zero-order valence-corrected chi connectivity index (χ0v) is 10.00. The van der Waals surface area contributed by atoms with Gasteiger partial charge in [-0.2, -0.15) is 4.98 Å². The first-order valence-electron chi connectivity index (χ1n) is 5.69. The second-order valence-electron chi connectivity index (χ2n) is 4.02. The van der Waals surface area contributed by atoms with E-state index in [2.05, 4.69) is 15.1 Å². The van der Waals surface area contributed by atoms with Gasteiger partial charge in [0.05, 0.1) is 12.5 Å². The zero-order valence-electron chi connectivity index (χ0n) is 10.00. The predicted octanol–water partition coefficient (Wildman–Crippen LogP) is 1.17. The summed E-state index contributed by atoms with van der Waals surface area (Å²) in [4.78, 5) is 8.34. The Hall–Kier alpha value is -1.69. The van der Waals surface area contributed by atoms with Gasteiger partial charge in [-0.25, -0.2) is 4.98 Å². The first-order valence-corrected chi connectivity index (χ1v) is 5.69. The van der Waals surface area contributed by atoms with Crippen molar-refractivity contribution in [3.05, 3.63) is 18.3 Å². The highest BCUT2D eigenvalue weighted by Crippen LogP contribution is 2.13. The van der Waals surface area contributed by atoms with E-state index in [0.29, 0.717) is 24.0 Å². The van der Waals surface area contributed by atoms with Gasteiger partial charge in [-0.3, -0.25) is 0 Å². The van der Waals surface area contributed by atoms with Crippen LogP contribution in [-0.4, -0.2) is 30.9 Å². The van der Waals surface area contributed by atoms with E-state index in [4.69, 9.17) is 4.52 Å². The van der Waals surface area contributed by atoms with Gasteiger partial charge in [0.25, 0.3) is 0 Å². The number of rotatable bonds is 5. The molecule has 0 radical (unpaired) electrons. The summed E-state index contributed by atoms with van der Waals surface area (Å²) in [6.07, 6.45) is 5.14. The summed E-state index contributed by atoms with van der Waals surface area (Å²) in [5.74, 6) is 1.56. The zero-order chi connectivity index (χ0) is 12.3. The summed E-state index contributed by atoms with van der Waals surface area (Å²) >= 11 is 0. The highest BCUT2D eigenvalue weighted by Gasteiger charge is 2.14. The fourth-order valence-electron chi connectivity index (χ4n) is 1.65. The molecule has 2 aromatic heterocycles. The third kappa shape index (κ3) is 2.71. The summed E-state index contributed by atoms with van der Waals surface area (Å²) in [6, 6.07) is 0. The van der Waals surface area contributed by atoms with Crippen LogP contribution in [0.3, 0.4) is 0 Å². The second-order valence-corrected chi connectivity index (χ2v) is 4.02. The van der Waals surface area contributed by atoms with Crippen LogP contribution in [0.25, 0.3) is 11.6 Å². The first-order chi connectivity index (χ1) is 8.20. The van der Waals surface area contributed by atoms with Crippen molar-refractivity contribution in [1.82, 2.24) is 19.7 Å². The smallest absolute Gasteiger partial charge is 0.238 e. The molecule has 6 heteroatoms. The summed E-state index contributed by atoms with van der Waals surface area (Å²) in [5.41, 5.74) is 0. The number of imidazole rings is 1. The van der Waals surface area contributed by atoms with Crippen LogP contribution in [-0.2, 0) is 13.5 Å². The van der Waals surface area contributed by atoms with Crippen LogP contribution in [0, 0.1) is 0 Å². The summed E-state index contributed by atoms with van der Waals surface area (Å²) in [7, 11) is 1.87. The average molecular weight is 236 g/mol. The van der Waals surface area contributed by atoms with Crippen LogP contribution >= 0.6 is 0 Å². The fraction of sp³-hybridized carbons (Fsp3) is 0.545. The normalized spacial score (nSPS) is 12.9. The Bertz CT molecular complexity index is 477. The van der Waals surface area contributed by atoms with E-state index in [0.717, 1.165) is 12.8 Å². The molecule has 1 unspecified atom stereocenters. The van der Waals surface area contributed by atoms with Gasteiger partial charge in [-0.05, 0) is 6.42 Å². The van der Waals surface area contributed by atoms with Crippen molar-refractivity contribution in [2.45, 2.75) is 32.3 Å². The third-order valence-electron chi connectivity index (χ3n) is 2.52. The number of hydrogen-bond acceptors (Lipinski definition) is 5. The van der Waals surface area contributed by atoms with Crippen molar-refractivity contribution in [3.63, 3.8) is 0 Å². The van der Waals surface area contributed by atoms with Crippen LogP contribution in [0.2, 0.25) is 0 Å². The predicted molar refractivity (Wildman–Crippen MR) is 61.1 cm³/mol. The molecule has 0 aromatic carbocycles. The molecule has 92 valence electrons. The Morgan fingerprint density at radius 3 is 3.00 bits per heavy atom. The maximum atomic E-state index is 9.65. The average Bonchev–Trinajstić information content (AvgIpc) is 2.87. The van der Waals surface area contributed by atoms with E-state index >= 15 is 0 Å². The lowest BCUT2D eigenvalue weighted by Crippen LogP contribution is -2.09. The van der Waals surface area contributed by atoms with Crippen molar-refractivity contribution in [2.75, 3.05) is 0 Å². The van der Waals surface area contributed by atoms with Gasteiger partial charge in [0.15, 0.2) is 5.82 Å². The molecule has 0 amide bonds. The van der Waals surface area contributed by atoms with Gasteiger partial charge in [0, 0.05) is 19.4 Å². The lowest BCUT2D eigenvalue weighted by Gasteiger charge is -2.03. The van der Waals surface area contributed by atoms with E-state index in [-0.39, 0.29) is 0 Å². The van der Waals surface area contributed by atoms with E-state index in [9.17, 15) is 5.11 Å². The Morgan fingerprint density at radius 1 is 1.53 bits per heavy atom. The number of aromatic nitrogens is 4. The van der Waals surface area contributed by atoms with Crippen molar-refractivity contribution < 1.29 is 9.63 Å². The molecule has 1 atom stereocenters. The molecule has 1 N–H and O–H groups in total. The quantitative estimate of drug-likeness (QED) is 0.843. The topological polar surface area (TPSA) is 77.0 Å². The molecule has 17 heavy (non-hydrogen) atoms. The van der Waals surface area contributed by atoms with Crippen LogP contribution in [0.4, 0.5) is 0 Å². The van der Waals surface area contributed by atoms with Gasteiger partial charge in [-0.15, -0.1) is 0 Å². The molecule has 0 aliphatic carbocycles. The van der Waals surface area contributed by atoms with Crippen molar-refractivity contribution in [1.29, 1.82) is 0 Å². The van der Waals surface area contributed by atoms with Gasteiger partial charge in [0.1, 0.15) is 0 Å². The minimum atomic E-state index is -0.422. The van der Waals surface area contributed by atoms with Crippen molar-refractivity contribution >= 4 is 0 Å². The number of hydrogen-bond donors (Lipinski definition) is 1. The molecule has 0 saturated heterocycles. The lowest BCUT2D eigenvalue weighted by molar-refractivity contribution is 0.152. The molecule has 2 rings (SSSR count). The maximum Gasteiger partial charge on any atom is 0.238 e. The molecule has 6 nitrogen and oxygen atoms in total. The number of aliphatic hydroxyl groups is 1. The summed E-state index contributed by atoms with van der Waals surface area (Å²) in [5, 5.41) is 13.5. The number of aliphatic hydroxyl groups excluding tert-OH is 1. The molecule has 0 aliphatic rings. The van der Waals surface area contributed by atoms with Crippen LogP contribution in [0.1, 0.15) is 25.7 Å². The summed E-state index contributed by atoms with van der Waals surface area (Å²) < 4.78 is 6.90. The highest BCUT2D eigenvalue weighted by molar-refractivity contribution is 5.42. The summed E-state index contributed by atoms with van der Waals surface area (Å²) in [6.45, 7) is 2.02. The Balaban J connectivity index is 2.09. The molecule has 0 bridgehead atoms. The van der Waals surface area contributed by atoms with E-state index in [1.54, 1.807) is 6.20 Å². The standard InChI is InChI=1S/C11H16N4O2/c1-3-4-8(16)7-9-13-10(14-17-9)11-12-5-6-15(11)2/h5-6,8,16H,3-4,7H2,1-2H3. The Morgan fingerprint density at radius 2 is 2.35 bits per heavy atom. The Kier molecular flexibility index (Phi) is 3.53. The Labute approximate surface area is 99.3 Å². The highest BCUT2D eigenvalue weighted by atomic mass is 16.5. The van der Waals surface area contributed by atoms with Gasteiger partial charge in [0.2, 0.25) is 11.7 Å². The van der Waals surface area contributed by atoms with E-state index in [1.807, 2.05) is 24.7 Å². The van der Waals surface area contributed by atoms with Crippen LogP contribution in [0.5, 0.6) is 0 Å². The monoisotopic (exact) mass is 236 g/mol. The van der Waals surface area contributed by atoms with E-state index in [1.165, 1.54) is 0 Å². The van der Waals surface area contributed by atoms with Gasteiger partial charge < -0.3 is 14.2 Å². The van der Waals surface area contributed by atoms with Crippen LogP contribution in [0.15, 0.2) is 16.9 Å².